The van der Waals surface area contributed by atoms with E-state index in [4.69, 9.17) is 4.42 Å². The third-order valence-corrected chi connectivity index (χ3v) is 2.99. The van der Waals surface area contributed by atoms with Gasteiger partial charge in [-0.1, -0.05) is 25.7 Å². The first-order valence-corrected chi connectivity index (χ1v) is 5.06. The summed E-state index contributed by atoms with van der Waals surface area (Å²) in [7, 11) is 0. The van der Waals surface area contributed by atoms with Crippen LogP contribution in [-0.2, 0) is 5.60 Å². The molecule has 0 bridgehead atoms. The third kappa shape index (κ3) is 1.78. The smallest absolute Gasteiger partial charge is 0.0963 e. The largest absolute Gasteiger partial charge is 0.472 e. The molecule has 1 aliphatic rings. The average Bonchev–Trinajstić information content (AvgIpc) is 2.57. The molecule has 72 valence electrons. The Bertz CT molecular complexity index is 243. The molecule has 0 aromatic carbocycles. The Kier molecular flexibility index (Phi) is 2.40. The topological polar surface area (TPSA) is 33.4 Å². The van der Waals surface area contributed by atoms with Gasteiger partial charge in [-0.15, -0.1) is 0 Å². The standard InChI is InChI=1S/C11H16O2/c12-11(10-5-8-13-9-10)6-3-1-2-4-7-11/h5,8-9,12H,1-4,6-7H2. The SMILES string of the molecule is OC1(c2ccoc2)CCCCCC1. The van der Waals surface area contributed by atoms with Crippen LogP contribution >= 0.6 is 0 Å². The van der Waals surface area contributed by atoms with Gasteiger partial charge in [0.2, 0.25) is 0 Å². The lowest BCUT2D eigenvalue weighted by Gasteiger charge is -2.24. The van der Waals surface area contributed by atoms with Crippen molar-refractivity contribution in [2.75, 3.05) is 0 Å². The number of furan rings is 1. The minimum absolute atomic E-state index is 0.608. The third-order valence-electron chi connectivity index (χ3n) is 2.99. The van der Waals surface area contributed by atoms with Gasteiger partial charge >= 0.3 is 0 Å². The Morgan fingerprint density at radius 3 is 2.38 bits per heavy atom. The summed E-state index contributed by atoms with van der Waals surface area (Å²) in [6.45, 7) is 0. The highest BCUT2D eigenvalue weighted by Crippen LogP contribution is 2.35. The van der Waals surface area contributed by atoms with Crippen LogP contribution in [0.1, 0.15) is 44.1 Å². The van der Waals surface area contributed by atoms with Crippen molar-refractivity contribution in [1.82, 2.24) is 0 Å². The fourth-order valence-corrected chi connectivity index (χ4v) is 2.13. The molecule has 1 aliphatic carbocycles. The summed E-state index contributed by atoms with van der Waals surface area (Å²) in [5, 5.41) is 10.4. The Labute approximate surface area is 78.6 Å². The van der Waals surface area contributed by atoms with Crippen molar-refractivity contribution >= 4 is 0 Å². The summed E-state index contributed by atoms with van der Waals surface area (Å²) in [5.74, 6) is 0. The summed E-state index contributed by atoms with van der Waals surface area (Å²) in [4.78, 5) is 0. The molecule has 1 N–H and O–H groups in total. The molecule has 2 rings (SSSR count). The lowest BCUT2D eigenvalue weighted by Crippen LogP contribution is -2.23. The second-order valence-electron chi connectivity index (χ2n) is 3.96. The zero-order chi connectivity index (χ0) is 9.15. The van der Waals surface area contributed by atoms with Crippen molar-refractivity contribution in [3.05, 3.63) is 24.2 Å². The van der Waals surface area contributed by atoms with Crippen LogP contribution in [0.25, 0.3) is 0 Å². The molecule has 0 radical (unpaired) electrons. The van der Waals surface area contributed by atoms with E-state index in [1.165, 1.54) is 12.8 Å². The van der Waals surface area contributed by atoms with E-state index in [0.29, 0.717) is 0 Å². The molecular weight excluding hydrogens is 164 g/mol. The molecule has 0 aliphatic heterocycles. The maximum atomic E-state index is 10.4. The molecule has 0 amide bonds. The highest BCUT2D eigenvalue weighted by molar-refractivity contribution is 5.16. The molecule has 2 heteroatoms. The monoisotopic (exact) mass is 180 g/mol. The van der Waals surface area contributed by atoms with Crippen molar-refractivity contribution in [2.45, 2.75) is 44.1 Å². The van der Waals surface area contributed by atoms with Gasteiger partial charge in [-0.2, -0.15) is 0 Å². The lowest BCUT2D eigenvalue weighted by molar-refractivity contribution is 0.0202. The van der Waals surface area contributed by atoms with Crippen LogP contribution in [0.2, 0.25) is 0 Å². The van der Waals surface area contributed by atoms with Crippen LogP contribution < -0.4 is 0 Å². The Morgan fingerprint density at radius 1 is 1.15 bits per heavy atom. The highest BCUT2D eigenvalue weighted by Gasteiger charge is 2.30. The van der Waals surface area contributed by atoms with Crippen molar-refractivity contribution in [3.63, 3.8) is 0 Å². The van der Waals surface area contributed by atoms with Crippen LogP contribution in [0.4, 0.5) is 0 Å². The van der Waals surface area contributed by atoms with Crippen LogP contribution in [0.5, 0.6) is 0 Å². The zero-order valence-electron chi connectivity index (χ0n) is 7.83. The average molecular weight is 180 g/mol. The fourth-order valence-electron chi connectivity index (χ4n) is 2.13. The number of aliphatic hydroxyl groups is 1. The van der Waals surface area contributed by atoms with Crippen molar-refractivity contribution in [1.29, 1.82) is 0 Å². The van der Waals surface area contributed by atoms with E-state index in [2.05, 4.69) is 0 Å². The molecule has 0 unspecified atom stereocenters. The van der Waals surface area contributed by atoms with Crippen molar-refractivity contribution in [2.24, 2.45) is 0 Å². The number of hydrogen-bond acceptors (Lipinski definition) is 2. The van der Waals surface area contributed by atoms with Crippen LogP contribution in [0.15, 0.2) is 23.0 Å². The van der Waals surface area contributed by atoms with Gasteiger partial charge in [0.25, 0.3) is 0 Å². The summed E-state index contributed by atoms with van der Waals surface area (Å²) in [5.41, 5.74) is 0.346. The summed E-state index contributed by atoms with van der Waals surface area (Å²) in [6.07, 6.45) is 9.83. The zero-order valence-corrected chi connectivity index (χ0v) is 7.83. The van der Waals surface area contributed by atoms with Gasteiger partial charge < -0.3 is 9.52 Å². The maximum absolute atomic E-state index is 10.4. The number of rotatable bonds is 1. The molecular formula is C11H16O2. The second kappa shape index (κ2) is 3.54. The molecule has 0 spiro atoms. The fraction of sp³-hybridized carbons (Fsp3) is 0.636. The minimum Gasteiger partial charge on any atom is -0.472 e. The first kappa shape index (κ1) is 8.82. The number of hydrogen-bond donors (Lipinski definition) is 1. The first-order chi connectivity index (χ1) is 6.31. The molecule has 1 aromatic rings. The quantitative estimate of drug-likeness (QED) is 0.674. The van der Waals surface area contributed by atoms with Crippen molar-refractivity contribution in [3.8, 4) is 0 Å². The van der Waals surface area contributed by atoms with E-state index < -0.39 is 5.60 Å². The van der Waals surface area contributed by atoms with E-state index in [-0.39, 0.29) is 0 Å². The Balaban J connectivity index is 2.17. The van der Waals surface area contributed by atoms with Crippen molar-refractivity contribution < 1.29 is 9.52 Å². The van der Waals surface area contributed by atoms with Gasteiger partial charge in [0.1, 0.15) is 0 Å². The predicted molar refractivity (Wildman–Crippen MR) is 50.3 cm³/mol. The van der Waals surface area contributed by atoms with E-state index in [1.54, 1.807) is 12.5 Å². The van der Waals surface area contributed by atoms with Gasteiger partial charge in [-0.05, 0) is 18.9 Å². The minimum atomic E-state index is -0.608. The van der Waals surface area contributed by atoms with E-state index >= 15 is 0 Å². The Morgan fingerprint density at radius 2 is 1.85 bits per heavy atom. The predicted octanol–water partition coefficient (Wildman–Crippen LogP) is 2.82. The van der Waals surface area contributed by atoms with Gasteiger partial charge in [0.05, 0.1) is 18.1 Å². The van der Waals surface area contributed by atoms with Gasteiger partial charge in [-0.3, -0.25) is 0 Å². The second-order valence-corrected chi connectivity index (χ2v) is 3.96. The normalized spacial score (nSPS) is 22.5. The molecule has 1 saturated carbocycles. The lowest BCUT2D eigenvalue weighted by atomic mass is 9.88. The highest BCUT2D eigenvalue weighted by atomic mass is 16.3. The first-order valence-electron chi connectivity index (χ1n) is 5.06. The molecule has 1 heterocycles. The molecule has 1 aromatic heterocycles. The van der Waals surface area contributed by atoms with Crippen LogP contribution in [-0.4, -0.2) is 5.11 Å². The van der Waals surface area contributed by atoms with E-state index in [0.717, 1.165) is 31.2 Å². The van der Waals surface area contributed by atoms with E-state index in [9.17, 15) is 5.11 Å². The molecule has 13 heavy (non-hydrogen) atoms. The molecule has 1 fully saturated rings. The molecule has 0 saturated heterocycles. The van der Waals surface area contributed by atoms with Crippen LogP contribution in [0.3, 0.4) is 0 Å². The Hall–Kier alpha value is -0.760. The summed E-state index contributed by atoms with van der Waals surface area (Å²) < 4.78 is 5.01. The molecule has 2 nitrogen and oxygen atoms in total. The van der Waals surface area contributed by atoms with E-state index in [1.807, 2.05) is 6.07 Å². The van der Waals surface area contributed by atoms with Gasteiger partial charge in [0.15, 0.2) is 0 Å². The maximum Gasteiger partial charge on any atom is 0.0963 e. The summed E-state index contributed by atoms with van der Waals surface area (Å²) in [6, 6.07) is 1.88. The van der Waals surface area contributed by atoms with Gasteiger partial charge in [0, 0.05) is 5.56 Å². The van der Waals surface area contributed by atoms with Gasteiger partial charge in [-0.25, -0.2) is 0 Å². The summed E-state index contributed by atoms with van der Waals surface area (Å²) >= 11 is 0. The molecule has 0 atom stereocenters. The van der Waals surface area contributed by atoms with Crippen LogP contribution in [0, 0.1) is 0 Å².